The normalized spacial score (nSPS) is 22.6. The summed E-state index contributed by atoms with van der Waals surface area (Å²) in [5, 5.41) is 10.2. The fraction of sp³-hybridized carbons (Fsp3) is 0.294. The van der Waals surface area contributed by atoms with E-state index >= 15 is 0 Å². The lowest BCUT2D eigenvalue weighted by molar-refractivity contribution is 0.152. The van der Waals surface area contributed by atoms with E-state index in [1.807, 2.05) is 18.2 Å². The Labute approximate surface area is 108 Å². The number of hydrogen-bond acceptors (Lipinski definition) is 1. The molecule has 2 aromatic rings. The molecule has 0 saturated carbocycles. The third kappa shape index (κ3) is 1.95. The van der Waals surface area contributed by atoms with Crippen molar-refractivity contribution in [1.29, 1.82) is 0 Å². The lowest BCUT2D eigenvalue weighted by Crippen LogP contribution is -2.12. The zero-order valence-corrected chi connectivity index (χ0v) is 10.6. The summed E-state index contributed by atoms with van der Waals surface area (Å²) in [6, 6.07) is 16.9. The monoisotopic (exact) mass is 238 g/mol. The Morgan fingerprint density at radius 3 is 2.44 bits per heavy atom. The molecule has 0 fully saturated rings. The number of benzene rings is 2. The quantitative estimate of drug-likeness (QED) is 0.786. The van der Waals surface area contributed by atoms with Crippen LogP contribution in [0.1, 0.15) is 42.9 Å². The van der Waals surface area contributed by atoms with Gasteiger partial charge in [-0.05, 0) is 47.1 Å². The fourth-order valence-electron chi connectivity index (χ4n) is 2.84. The average molecular weight is 238 g/mol. The minimum absolute atomic E-state index is 0.292. The maximum absolute atomic E-state index is 10.2. The number of aliphatic hydroxyl groups excluding tert-OH is 1. The molecular formula is C17H18O. The lowest BCUT2D eigenvalue weighted by Gasteiger charge is -2.27. The van der Waals surface area contributed by atoms with Gasteiger partial charge in [0.15, 0.2) is 0 Å². The number of hydrogen-bond donors (Lipinski definition) is 1. The van der Waals surface area contributed by atoms with Gasteiger partial charge in [-0.2, -0.15) is 0 Å². The summed E-state index contributed by atoms with van der Waals surface area (Å²) in [7, 11) is 0. The van der Waals surface area contributed by atoms with Crippen molar-refractivity contribution in [2.45, 2.75) is 31.8 Å². The van der Waals surface area contributed by atoms with E-state index in [0.29, 0.717) is 5.92 Å². The van der Waals surface area contributed by atoms with E-state index in [0.717, 1.165) is 18.4 Å². The average Bonchev–Trinajstić information content (AvgIpc) is 2.44. The van der Waals surface area contributed by atoms with Gasteiger partial charge in [-0.1, -0.05) is 49.4 Å². The maximum atomic E-state index is 10.2. The Balaban J connectivity index is 2.08. The first kappa shape index (κ1) is 11.5. The van der Waals surface area contributed by atoms with E-state index in [2.05, 4.69) is 37.3 Å². The first-order chi connectivity index (χ1) is 8.75. The Hall–Kier alpha value is -1.60. The highest BCUT2D eigenvalue weighted by Gasteiger charge is 2.23. The Kier molecular flexibility index (Phi) is 2.92. The highest BCUT2D eigenvalue weighted by molar-refractivity contribution is 5.65. The van der Waals surface area contributed by atoms with Crippen LogP contribution in [-0.2, 0) is 0 Å². The second-order valence-corrected chi connectivity index (χ2v) is 5.20. The molecule has 0 aliphatic heterocycles. The summed E-state index contributed by atoms with van der Waals surface area (Å²) in [5.41, 5.74) is 4.84. The molecule has 92 valence electrons. The van der Waals surface area contributed by atoms with Gasteiger partial charge < -0.3 is 5.11 Å². The Bertz CT molecular complexity index is 545. The van der Waals surface area contributed by atoms with Crippen molar-refractivity contribution in [3.8, 4) is 11.1 Å². The second kappa shape index (κ2) is 4.58. The van der Waals surface area contributed by atoms with Crippen LogP contribution in [0.3, 0.4) is 0 Å². The van der Waals surface area contributed by atoms with Gasteiger partial charge >= 0.3 is 0 Å². The molecule has 0 bridgehead atoms. The molecule has 0 aromatic heterocycles. The minimum Gasteiger partial charge on any atom is -0.388 e. The van der Waals surface area contributed by atoms with Crippen LogP contribution in [0.2, 0.25) is 0 Å². The predicted octanol–water partition coefficient (Wildman–Crippen LogP) is 4.28. The zero-order chi connectivity index (χ0) is 12.5. The molecule has 1 N–H and O–H groups in total. The van der Waals surface area contributed by atoms with Crippen LogP contribution >= 0.6 is 0 Å². The topological polar surface area (TPSA) is 20.2 Å². The van der Waals surface area contributed by atoms with Crippen LogP contribution in [0.15, 0.2) is 48.5 Å². The van der Waals surface area contributed by atoms with Crippen LogP contribution in [0.25, 0.3) is 11.1 Å². The molecule has 0 heterocycles. The predicted molar refractivity (Wildman–Crippen MR) is 74.5 cm³/mol. The van der Waals surface area contributed by atoms with Crippen molar-refractivity contribution in [3.63, 3.8) is 0 Å². The molecule has 1 aliphatic rings. The summed E-state index contributed by atoms with van der Waals surface area (Å²) >= 11 is 0. The number of aliphatic hydroxyl groups is 1. The summed E-state index contributed by atoms with van der Waals surface area (Å²) < 4.78 is 0. The SMILES string of the molecule is CC1CC[C@H](O)c2cc(-c3ccccc3)ccc21. The van der Waals surface area contributed by atoms with Crippen LogP contribution in [0, 0.1) is 0 Å². The van der Waals surface area contributed by atoms with Crippen molar-refractivity contribution >= 4 is 0 Å². The number of fused-ring (bicyclic) bond motifs is 1. The molecule has 0 radical (unpaired) electrons. The Morgan fingerprint density at radius 1 is 0.889 bits per heavy atom. The molecule has 1 heteroatoms. The summed E-state index contributed by atoms with van der Waals surface area (Å²) in [6.07, 6.45) is 1.67. The van der Waals surface area contributed by atoms with Crippen LogP contribution in [0.5, 0.6) is 0 Å². The molecule has 0 amide bonds. The van der Waals surface area contributed by atoms with Crippen molar-refractivity contribution in [2.24, 2.45) is 0 Å². The van der Waals surface area contributed by atoms with Gasteiger partial charge in [0.05, 0.1) is 6.10 Å². The van der Waals surface area contributed by atoms with Gasteiger partial charge in [0.25, 0.3) is 0 Å². The summed E-state index contributed by atoms with van der Waals surface area (Å²) in [5.74, 6) is 0.563. The first-order valence-corrected chi connectivity index (χ1v) is 6.63. The zero-order valence-electron chi connectivity index (χ0n) is 10.6. The highest BCUT2D eigenvalue weighted by atomic mass is 16.3. The molecule has 1 aliphatic carbocycles. The first-order valence-electron chi connectivity index (χ1n) is 6.63. The molecule has 3 rings (SSSR count). The number of rotatable bonds is 1. The minimum atomic E-state index is -0.292. The molecule has 1 nitrogen and oxygen atoms in total. The molecule has 1 unspecified atom stereocenters. The summed E-state index contributed by atoms with van der Waals surface area (Å²) in [6.45, 7) is 2.24. The van der Waals surface area contributed by atoms with Crippen molar-refractivity contribution < 1.29 is 5.11 Å². The van der Waals surface area contributed by atoms with Crippen LogP contribution < -0.4 is 0 Å². The van der Waals surface area contributed by atoms with E-state index in [-0.39, 0.29) is 6.10 Å². The van der Waals surface area contributed by atoms with Gasteiger partial charge in [0.1, 0.15) is 0 Å². The second-order valence-electron chi connectivity index (χ2n) is 5.20. The van der Waals surface area contributed by atoms with Crippen LogP contribution in [-0.4, -0.2) is 5.11 Å². The van der Waals surface area contributed by atoms with Crippen molar-refractivity contribution in [3.05, 3.63) is 59.7 Å². The molecule has 2 aromatic carbocycles. The third-order valence-electron chi connectivity index (χ3n) is 3.96. The van der Waals surface area contributed by atoms with E-state index < -0.39 is 0 Å². The standard InChI is InChI=1S/C17H18O/c1-12-7-10-17(18)16-11-14(8-9-15(12)16)13-5-3-2-4-6-13/h2-6,8-9,11-12,17-18H,7,10H2,1H3/t12?,17-/m0/s1. The molecular weight excluding hydrogens is 220 g/mol. The van der Waals surface area contributed by atoms with Crippen molar-refractivity contribution in [2.75, 3.05) is 0 Å². The van der Waals surface area contributed by atoms with Gasteiger partial charge in [0, 0.05) is 0 Å². The fourth-order valence-corrected chi connectivity index (χ4v) is 2.84. The smallest absolute Gasteiger partial charge is 0.0793 e. The maximum Gasteiger partial charge on any atom is 0.0793 e. The van der Waals surface area contributed by atoms with Gasteiger partial charge in [-0.3, -0.25) is 0 Å². The largest absolute Gasteiger partial charge is 0.388 e. The summed E-state index contributed by atoms with van der Waals surface area (Å²) in [4.78, 5) is 0. The molecule has 0 saturated heterocycles. The molecule has 0 spiro atoms. The Morgan fingerprint density at radius 2 is 1.67 bits per heavy atom. The third-order valence-corrected chi connectivity index (χ3v) is 3.96. The lowest BCUT2D eigenvalue weighted by atomic mass is 9.81. The van der Waals surface area contributed by atoms with E-state index in [9.17, 15) is 5.11 Å². The van der Waals surface area contributed by atoms with Crippen LogP contribution in [0.4, 0.5) is 0 Å². The van der Waals surface area contributed by atoms with Gasteiger partial charge in [-0.15, -0.1) is 0 Å². The molecule has 2 atom stereocenters. The van der Waals surface area contributed by atoms with Crippen molar-refractivity contribution in [1.82, 2.24) is 0 Å². The van der Waals surface area contributed by atoms with Gasteiger partial charge in [-0.25, -0.2) is 0 Å². The molecule has 18 heavy (non-hydrogen) atoms. The van der Waals surface area contributed by atoms with Gasteiger partial charge in [0.2, 0.25) is 0 Å². The van der Waals surface area contributed by atoms with E-state index in [1.54, 1.807) is 0 Å². The highest BCUT2D eigenvalue weighted by Crippen LogP contribution is 2.38. The van der Waals surface area contributed by atoms with E-state index in [1.165, 1.54) is 16.7 Å². The van der Waals surface area contributed by atoms with E-state index in [4.69, 9.17) is 0 Å².